The topological polar surface area (TPSA) is 51.1 Å². The van der Waals surface area contributed by atoms with E-state index in [0.717, 1.165) is 0 Å². The van der Waals surface area contributed by atoms with E-state index in [1.807, 2.05) is 13.0 Å². The van der Waals surface area contributed by atoms with E-state index in [2.05, 4.69) is 5.32 Å². The molecule has 0 aliphatic carbocycles. The molecule has 0 aliphatic rings. The van der Waals surface area contributed by atoms with E-state index in [1.54, 1.807) is 29.2 Å². The molecule has 0 radical (unpaired) electrons. The summed E-state index contributed by atoms with van der Waals surface area (Å²) in [6, 6.07) is 5.11. The number of aromatic nitrogens is 1. The van der Waals surface area contributed by atoms with E-state index in [4.69, 9.17) is 0 Å². The quantitative estimate of drug-likeness (QED) is 0.725. The Hall–Kier alpha value is -0.940. The minimum atomic E-state index is -0.794. The Morgan fingerprint density at radius 3 is 2.88 bits per heavy atom. The normalized spacial score (nSPS) is 14.6. The van der Waals surface area contributed by atoms with Gasteiger partial charge in [0.05, 0.1) is 0 Å². The molecule has 1 N–H and O–H groups in total. The van der Waals surface area contributed by atoms with E-state index in [-0.39, 0.29) is 10.8 Å². The van der Waals surface area contributed by atoms with Gasteiger partial charge in [-0.15, -0.1) is 0 Å². The molecule has 1 aromatic heterocycles. The first-order chi connectivity index (χ1) is 7.61. The van der Waals surface area contributed by atoms with Crippen molar-refractivity contribution in [2.45, 2.75) is 18.7 Å². The van der Waals surface area contributed by atoms with Gasteiger partial charge in [0, 0.05) is 54.2 Å². The van der Waals surface area contributed by atoms with Crippen molar-refractivity contribution in [3.63, 3.8) is 0 Å². The van der Waals surface area contributed by atoms with Crippen LogP contribution in [-0.2, 0) is 17.3 Å². The SMILES string of the molecule is CC(CNCCn1ccccc1=O)S(C)=O. The average molecular weight is 242 g/mol. The van der Waals surface area contributed by atoms with Gasteiger partial charge in [-0.05, 0) is 13.0 Å². The minimum Gasteiger partial charge on any atom is -0.314 e. The van der Waals surface area contributed by atoms with Crippen molar-refractivity contribution in [1.29, 1.82) is 0 Å². The van der Waals surface area contributed by atoms with E-state index < -0.39 is 10.8 Å². The summed E-state index contributed by atoms with van der Waals surface area (Å²) < 4.78 is 12.7. The van der Waals surface area contributed by atoms with Crippen molar-refractivity contribution in [1.82, 2.24) is 9.88 Å². The summed E-state index contributed by atoms with van der Waals surface area (Å²) in [6.45, 7) is 4.01. The zero-order valence-electron chi connectivity index (χ0n) is 9.68. The zero-order valence-corrected chi connectivity index (χ0v) is 10.5. The highest BCUT2D eigenvalue weighted by molar-refractivity contribution is 7.84. The number of hydrogen-bond acceptors (Lipinski definition) is 3. The van der Waals surface area contributed by atoms with Gasteiger partial charge in [-0.3, -0.25) is 9.00 Å². The minimum absolute atomic E-state index is 0.0106. The maximum absolute atomic E-state index is 11.3. The van der Waals surface area contributed by atoms with Gasteiger partial charge >= 0.3 is 0 Å². The summed E-state index contributed by atoms with van der Waals surface area (Å²) in [6.07, 6.45) is 3.47. The molecular formula is C11H18N2O2S. The largest absolute Gasteiger partial charge is 0.314 e. The Bertz CT molecular complexity index is 403. The first-order valence-corrected chi connectivity index (χ1v) is 6.92. The van der Waals surface area contributed by atoms with Gasteiger partial charge in [0.2, 0.25) is 0 Å². The smallest absolute Gasteiger partial charge is 0.250 e. The van der Waals surface area contributed by atoms with Crippen LogP contribution in [0.2, 0.25) is 0 Å². The highest BCUT2D eigenvalue weighted by atomic mass is 32.2. The number of nitrogens with zero attached hydrogens (tertiary/aromatic N) is 1. The monoisotopic (exact) mass is 242 g/mol. The third kappa shape index (κ3) is 4.28. The van der Waals surface area contributed by atoms with E-state index in [1.165, 1.54) is 0 Å². The number of hydrogen-bond donors (Lipinski definition) is 1. The van der Waals surface area contributed by atoms with Crippen LogP contribution >= 0.6 is 0 Å². The van der Waals surface area contributed by atoms with Crippen molar-refractivity contribution in [2.24, 2.45) is 0 Å². The number of rotatable bonds is 6. The summed E-state index contributed by atoms with van der Waals surface area (Å²) in [5, 5.41) is 3.34. The van der Waals surface area contributed by atoms with Crippen LogP contribution in [-0.4, -0.2) is 33.4 Å². The highest BCUT2D eigenvalue weighted by Crippen LogP contribution is 1.89. The molecule has 5 heteroatoms. The molecule has 0 saturated carbocycles. The molecule has 0 saturated heterocycles. The van der Waals surface area contributed by atoms with E-state index >= 15 is 0 Å². The Morgan fingerprint density at radius 2 is 2.25 bits per heavy atom. The predicted octanol–water partition coefficient (Wildman–Crippen LogP) is 0.205. The van der Waals surface area contributed by atoms with Crippen LogP contribution in [0.15, 0.2) is 29.2 Å². The van der Waals surface area contributed by atoms with Crippen LogP contribution in [0, 0.1) is 0 Å². The number of nitrogens with one attached hydrogen (secondary N) is 1. The Morgan fingerprint density at radius 1 is 1.50 bits per heavy atom. The molecule has 1 rings (SSSR count). The molecule has 0 bridgehead atoms. The second-order valence-electron chi connectivity index (χ2n) is 3.75. The van der Waals surface area contributed by atoms with Gasteiger partial charge in [-0.2, -0.15) is 0 Å². The lowest BCUT2D eigenvalue weighted by Crippen LogP contribution is -2.32. The lowest BCUT2D eigenvalue weighted by molar-refractivity contribution is 0.580. The van der Waals surface area contributed by atoms with Gasteiger partial charge in [-0.1, -0.05) is 6.07 Å². The molecule has 0 aromatic carbocycles. The van der Waals surface area contributed by atoms with Crippen molar-refractivity contribution in [2.75, 3.05) is 19.3 Å². The van der Waals surface area contributed by atoms with Crippen molar-refractivity contribution in [3.05, 3.63) is 34.7 Å². The van der Waals surface area contributed by atoms with Crippen molar-refractivity contribution in [3.8, 4) is 0 Å². The van der Waals surface area contributed by atoms with Crippen LogP contribution in [0.3, 0.4) is 0 Å². The first-order valence-electron chi connectivity index (χ1n) is 5.29. The van der Waals surface area contributed by atoms with Crippen LogP contribution < -0.4 is 10.9 Å². The second kappa shape index (κ2) is 6.60. The summed E-state index contributed by atoms with van der Waals surface area (Å²) in [7, 11) is -0.794. The second-order valence-corrected chi connectivity index (χ2v) is 5.55. The van der Waals surface area contributed by atoms with Crippen LogP contribution in [0.1, 0.15) is 6.92 Å². The molecule has 0 spiro atoms. The molecule has 16 heavy (non-hydrogen) atoms. The first kappa shape index (κ1) is 13.1. The van der Waals surface area contributed by atoms with E-state index in [9.17, 15) is 9.00 Å². The maximum Gasteiger partial charge on any atom is 0.250 e. The highest BCUT2D eigenvalue weighted by Gasteiger charge is 2.04. The molecule has 0 fully saturated rings. The molecule has 1 aromatic rings. The lowest BCUT2D eigenvalue weighted by Gasteiger charge is -2.10. The predicted molar refractivity (Wildman–Crippen MR) is 67.1 cm³/mol. The standard InChI is InChI=1S/C11H18N2O2S/c1-10(16(2)15)9-12-6-8-13-7-4-3-5-11(13)14/h3-5,7,10,12H,6,8-9H2,1-2H3. The van der Waals surface area contributed by atoms with Crippen molar-refractivity contribution < 1.29 is 4.21 Å². The van der Waals surface area contributed by atoms with Crippen LogP contribution in [0.5, 0.6) is 0 Å². The van der Waals surface area contributed by atoms with Gasteiger partial charge in [0.1, 0.15) is 0 Å². The molecule has 2 unspecified atom stereocenters. The summed E-state index contributed by atoms with van der Waals surface area (Å²) in [5.41, 5.74) is 0.0106. The average Bonchev–Trinajstić information content (AvgIpc) is 2.26. The van der Waals surface area contributed by atoms with Gasteiger partial charge in [0.25, 0.3) is 5.56 Å². The zero-order chi connectivity index (χ0) is 12.0. The van der Waals surface area contributed by atoms with Gasteiger partial charge < -0.3 is 9.88 Å². The molecule has 4 nitrogen and oxygen atoms in total. The summed E-state index contributed by atoms with van der Waals surface area (Å²) in [5.74, 6) is 0. The third-order valence-electron chi connectivity index (χ3n) is 2.43. The van der Waals surface area contributed by atoms with Gasteiger partial charge in [-0.25, -0.2) is 0 Å². The Balaban J connectivity index is 2.29. The third-order valence-corrected chi connectivity index (χ3v) is 3.73. The molecule has 0 amide bonds. The van der Waals surface area contributed by atoms with Crippen LogP contribution in [0.25, 0.3) is 0 Å². The van der Waals surface area contributed by atoms with Gasteiger partial charge in [0.15, 0.2) is 0 Å². The maximum atomic E-state index is 11.3. The molecule has 2 atom stereocenters. The molecular weight excluding hydrogens is 224 g/mol. The lowest BCUT2D eigenvalue weighted by atomic mass is 10.4. The molecule has 0 aliphatic heterocycles. The van der Waals surface area contributed by atoms with Crippen molar-refractivity contribution >= 4 is 10.8 Å². The fourth-order valence-electron chi connectivity index (χ4n) is 1.27. The number of pyridine rings is 1. The molecule has 90 valence electrons. The summed E-state index contributed by atoms with van der Waals surface area (Å²) in [4.78, 5) is 11.3. The fourth-order valence-corrected chi connectivity index (χ4v) is 1.62. The fraction of sp³-hybridized carbons (Fsp3) is 0.545. The van der Waals surface area contributed by atoms with E-state index in [0.29, 0.717) is 19.6 Å². The molecule has 1 heterocycles. The Labute approximate surface area is 98.1 Å². The summed E-state index contributed by atoms with van der Waals surface area (Å²) >= 11 is 0. The van der Waals surface area contributed by atoms with Crippen LogP contribution in [0.4, 0.5) is 0 Å². The Kier molecular flexibility index (Phi) is 5.42.